The summed E-state index contributed by atoms with van der Waals surface area (Å²) in [6, 6.07) is 2.37. The minimum atomic E-state index is -0.736. The molecule has 0 saturated carbocycles. The molecule has 0 aromatic heterocycles. The molecule has 0 spiro atoms. The van der Waals surface area contributed by atoms with E-state index in [-0.39, 0.29) is 18.0 Å². The van der Waals surface area contributed by atoms with E-state index in [9.17, 15) is 19.3 Å². The third-order valence-electron chi connectivity index (χ3n) is 2.20. The number of nitro groups is 1. The van der Waals surface area contributed by atoms with E-state index in [0.717, 1.165) is 18.2 Å². The zero-order valence-electron chi connectivity index (χ0n) is 9.64. The minimum absolute atomic E-state index is 0.287. The van der Waals surface area contributed by atoms with Gasteiger partial charge in [-0.15, -0.1) is 12.3 Å². The molecule has 1 rings (SSSR count). The Labute approximate surface area is 103 Å². The maximum absolute atomic E-state index is 13.0. The average Bonchev–Trinajstić information content (AvgIpc) is 2.28. The van der Waals surface area contributed by atoms with Gasteiger partial charge in [0.15, 0.2) is 0 Å². The summed E-state index contributed by atoms with van der Waals surface area (Å²) in [4.78, 5) is 21.7. The van der Waals surface area contributed by atoms with Crippen molar-refractivity contribution in [3.63, 3.8) is 0 Å². The molecule has 6 heteroatoms. The quantitative estimate of drug-likeness (QED) is 0.503. The molecule has 0 saturated heterocycles. The van der Waals surface area contributed by atoms with Gasteiger partial charge in [0.2, 0.25) is 0 Å². The highest BCUT2D eigenvalue weighted by Crippen LogP contribution is 2.19. The third-order valence-corrected chi connectivity index (χ3v) is 2.20. The molecule has 1 aromatic rings. The van der Waals surface area contributed by atoms with Gasteiger partial charge >= 0.3 is 0 Å². The molecule has 1 unspecified atom stereocenters. The van der Waals surface area contributed by atoms with Gasteiger partial charge in [-0.05, 0) is 19.1 Å². The summed E-state index contributed by atoms with van der Waals surface area (Å²) in [5.74, 6) is 0.919. The van der Waals surface area contributed by atoms with E-state index in [1.807, 2.05) is 0 Å². The van der Waals surface area contributed by atoms with Crippen LogP contribution in [0.5, 0.6) is 0 Å². The number of carbonyl (C=O) groups excluding carboxylic acids is 1. The predicted octanol–water partition coefficient (Wildman–Crippen LogP) is 1.88. The van der Waals surface area contributed by atoms with Crippen LogP contribution in [0.25, 0.3) is 0 Å². The Morgan fingerprint density at radius 2 is 2.33 bits per heavy atom. The highest BCUT2D eigenvalue weighted by atomic mass is 19.1. The maximum Gasteiger partial charge on any atom is 0.282 e. The summed E-state index contributed by atoms with van der Waals surface area (Å²) in [6.45, 7) is 1.66. The van der Waals surface area contributed by atoms with Gasteiger partial charge in [-0.1, -0.05) is 0 Å². The summed E-state index contributed by atoms with van der Waals surface area (Å²) in [6.07, 6.45) is 5.36. The Kier molecular flexibility index (Phi) is 4.38. The highest BCUT2D eigenvalue weighted by molar-refractivity contribution is 5.98. The van der Waals surface area contributed by atoms with Gasteiger partial charge < -0.3 is 5.32 Å². The smallest absolute Gasteiger partial charge is 0.282 e. The first-order valence-electron chi connectivity index (χ1n) is 5.14. The number of amides is 1. The number of nitrogens with one attached hydrogen (secondary N) is 1. The number of hydrogen-bond acceptors (Lipinski definition) is 3. The molecular weight excluding hydrogens is 239 g/mol. The van der Waals surface area contributed by atoms with Gasteiger partial charge in [-0.3, -0.25) is 14.9 Å². The molecule has 1 amide bonds. The van der Waals surface area contributed by atoms with Crippen molar-refractivity contribution >= 4 is 11.6 Å². The molecule has 94 valence electrons. The van der Waals surface area contributed by atoms with Gasteiger partial charge in [0, 0.05) is 18.5 Å². The first kappa shape index (κ1) is 13.6. The molecule has 0 aliphatic rings. The number of hydrogen-bond donors (Lipinski definition) is 1. The van der Waals surface area contributed by atoms with Crippen molar-refractivity contribution in [2.75, 3.05) is 0 Å². The number of nitro benzene ring substituents is 1. The molecule has 0 fully saturated rings. The van der Waals surface area contributed by atoms with Gasteiger partial charge in [-0.25, -0.2) is 4.39 Å². The van der Waals surface area contributed by atoms with Gasteiger partial charge in [-0.2, -0.15) is 0 Å². The Hall–Kier alpha value is -2.42. The van der Waals surface area contributed by atoms with Gasteiger partial charge in [0.25, 0.3) is 11.6 Å². The molecule has 1 N–H and O–H groups in total. The van der Waals surface area contributed by atoms with Crippen LogP contribution in [0.15, 0.2) is 18.2 Å². The second-order valence-corrected chi connectivity index (χ2v) is 3.70. The summed E-state index contributed by atoms with van der Waals surface area (Å²) < 4.78 is 13.0. The second-order valence-electron chi connectivity index (χ2n) is 3.70. The molecule has 1 atom stereocenters. The van der Waals surface area contributed by atoms with Crippen LogP contribution < -0.4 is 5.32 Å². The second kappa shape index (κ2) is 5.77. The topological polar surface area (TPSA) is 72.2 Å². The van der Waals surface area contributed by atoms with Crippen LogP contribution in [0.4, 0.5) is 10.1 Å². The number of halogens is 1. The molecule has 1 aromatic carbocycles. The number of terminal acetylenes is 1. The fraction of sp³-hybridized carbons (Fsp3) is 0.250. The Bertz CT molecular complexity index is 523. The van der Waals surface area contributed by atoms with Crippen LogP contribution >= 0.6 is 0 Å². The lowest BCUT2D eigenvalue weighted by Crippen LogP contribution is -2.32. The summed E-state index contributed by atoms with van der Waals surface area (Å²) in [7, 11) is 0. The van der Waals surface area contributed by atoms with Crippen molar-refractivity contribution < 1.29 is 14.1 Å². The summed E-state index contributed by atoms with van der Waals surface area (Å²) in [5.41, 5.74) is -0.759. The molecule has 0 aliphatic carbocycles. The lowest BCUT2D eigenvalue weighted by molar-refractivity contribution is -0.385. The molecular formula is C12H11FN2O3. The lowest BCUT2D eigenvalue weighted by Gasteiger charge is -2.10. The van der Waals surface area contributed by atoms with Gasteiger partial charge in [0.1, 0.15) is 11.4 Å². The molecule has 0 radical (unpaired) electrons. The molecule has 0 heterocycles. The molecule has 0 bridgehead atoms. The lowest BCUT2D eigenvalue weighted by atomic mass is 10.1. The fourth-order valence-electron chi connectivity index (χ4n) is 1.38. The van der Waals surface area contributed by atoms with Crippen LogP contribution in [-0.2, 0) is 0 Å². The normalized spacial score (nSPS) is 11.4. The number of carbonyl (C=O) groups is 1. The van der Waals surface area contributed by atoms with Crippen LogP contribution in [0.1, 0.15) is 23.7 Å². The molecule has 5 nitrogen and oxygen atoms in total. The summed E-state index contributed by atoms with van der Waals surface area (Å²) in [5, 5.41) is 13.2. The van der Waals surface area contributed by atoms with Crippen LogP contribution in [0, 0.1) is 28.3 Å². The minimum Gasteiger partial charge on any atom is -0.348 e. The first-order chi connectivity index (χ1) is 8.45. The third kappa shape index (κ3) is 3.28. The van der Waals surface area contributed by atoms with E-state index >= 15 is 0 Å². The van der Waals surface area contributed by atoms with Crippen LogP contribution in [-0.4, -0.2) is 16.9 Å². The number of benzene rings is 1. The standard InChI is InChI=1S/C12H11FN2O3/c1-3-4-8(2)14-12(16)10-7-9(13)5-6-11(10)15(17)18/h1,5-8H,4H2,2H3,(H,14,16). The van der Waals surface area contributed by atoms with E-state index < -0.39 is 22.3 Å². The Morgan fingerprint density at radius 1 is 1.67 bits per heavy atom. The zero-order chi connectivity index (χ0) is 13.7. The van der Waals surface area contributed by atoms with Crippen molar-refractivity contribution in [2.45, 2.75) is 19.4 Å². The number of rotatable bonds is 4. The van der Waals surface area contributed by atoms with E-state index in [0.29, 0.717) is 0 Å². The van der Waals surface area contributed by atoms with Crippen molar-refractivity contribution in [1.29, 1.82) is 0 Å². The zero-order valence-corrected chi connectivity index (χ0v) is 9.64. The SMILES string of the molecule is C#CCC(C)NC(=O)c1cc(F)ccc1[N+](=O)[O-]. The largest absolute Gasteiger partial charge is 0.348 e. The van der Waals surface area contributed by atoms with Crippen LogP contribution in [0.3, 0.4) is 0 Å². The maximum atomic E-state index is 13.0. The molecule has 18 heavy (non-hydrogen) atoms. The first-order valence-corrected chi connectivity index (χ1v) is 5.14. The number of nitrogens with zero attached hydrogens (tertiary/aromatic N) is 1. The van der Waals surface area contributed by atoms with E-state index in [2.05, 4.69) is 11.2 Å². The van der Waals surface area contributed by atoms with Crippen molar-refractivity contribution in [1.82, 2.24) is 5.32 Å². The van der Waals surface area contributed by atoms with E-state index in [1.54, 1.807) is 6.92 Å². The Balaban J connectivity index is 3.01. The van der Waals surface area contributed by atoms with Crippen molar-refractivity contribution in [3.8, 4) is 12.3 Å². The molecule has 0 aliphatic heterocycles. The fourth-order valence-corrected chi connectivity index (χ4v) is 1.38. The summed E-state index contributed by atoms with van der Waals surface area (Å²) >= 11 is 0. The monoisotopic (exact) mass is 250 g/mol. The van der Waals surface area contributed by atoms with Crippen LogP contribution in [0.2, 0.25) is 0 Å². The van der Waals surface area contributed by atoms with E-state index in [1.165, 1.54) is 0 Å². The van der Waals surface area contributed by atoms with E-state index in [4.69, 9.17) is 6.42 Å². The highest BCUT2D eigenvalue weighted by Gasteiger charge is 2.21. The Morgan fingerprint density at radius 3 is 2.89 bits per heavy atom. The average molecular weight is 250 g/mol. The van der Waals surface area contributed by atoms with Crippen molar-refractivity contribution in [3.05, 3.63) is 39.7 Å². The predicted molar refractivity (Wildman–Crippen MR) is 63.4 cm³/mol. The van der Waals surface area contributed by atoms with Gasteiger partial charge in [0.05, 0.1) is 4.92 Å². The van der Waals surface area contributed by atoms with Crippen molar-refractivity contribution in [2.24, 2.45) is 0 Å².